The van der Waals surface area contributed by atoms with E-state index in [4.69, 9.17) is 17.0 Å². The highest BCUT2D eigenvalue weighted by Gasteiger charge is 2.10. The van der Waals surface area contributed by atoms with Gasteiger partial charge in [0, 0.05) is 31.4 Å². The Kier molecular flexibility index (Phi) is 6.22. The predicted molar refractivity (Wildman–Crippen MR) is 92.3 cm³/mol. The first-order valence-electron chi connectivity index (χ1n) is 7.34. The number of aryl methyl sites for hydroxylation is 1. The van der Waals surface area contributed by atoms with Crippen LogP contribution in [-0.4, -0.2) is 28.2 Å². The Hall–Kier alpha value is -2.28. The largest absolute Gasteiger partial charge is 0.491 e. The average molecular weight is 334 g/mol. The molecule has 0 fully saturated rings. The Bertz CT molecular complexity index is 664. The van der Waals surface area contributed by atoms with Crippen molar-refractivity contribution < 1.29 is 9.13 Å². The number of thiocarbonyl (C=S) groups is 1. The lowest BCUT2D eigenvalue weighted by molar-refractivity contribution is 0.319. The number of hydrogen-bond donors (Lipinski definition) is 2. The van der Waals surface area contributed by atoms with Gasteiger partial charge in [0.15, 0.2) is 16.7 Å². The van der Waals surface area contributed by atoms with Gasteiger partial charge < -0.3 is 15.4 Å². The molecule has 0 atom stereocenters. The molecule has 0 radical (unpaired) electrons. The number of anilines is 1. The van der Waals surface area contributed by atoms with Crippen LogP contribution in [0, 0.1) is 12.7 Å². The summed E-state index contributed by atoms with van der Waals surface area (Å²) in [5.41, 5.74) is 1.42. The number of aromatic nitrogens is 2. The fourth-order valence-electron chi connectivity index (χ4n) is 1.90. The SMILES string of the molecule is CCOc1ccnc(CCNC(=S)Nc2ccc(C)cn2)c1F. The Labute approximate surface area is 140 Å². The molecule has 2 rings (SSSR count). The molecule has 0 saturated carbocycles. The van der Waals surface area contributed by atoms with Gasteiger partial charge in [-0.25, -0.2) is 9.37 Å². The van der Waals surface area contributed by atoms with E-state index in [0.29, 0.717) is 36.2 Å². The zero-order chi connectivity index (χ0) is 16.7. The van der Waals surface area contributed by atoms with Gasteiger partial charge in [0.25, 0.3) is 0 Å². The van der Waals surface area contributed by atoms with Crippen molar-refractivity contribution in [2.24, 2.45) is 0 Å². The van der Waals surface area contributed by atoms with Crippen LogP contribution in [0.2, 0.25) is 0 Å². The molecular weight excluding hydrogens is 315 g/mol. The van der Waals surface area contributed by atoms with Crippen LogP contribution in [0.25, 0.3) is 0 Å². The molecule has 2 aromatic rings. The second-order valence-corrected chi connectivity index (χ2v) is 5.26. The Morgan fingerprint density at radius 3 is 2.83 bits per heavy atom. The fourth-order valence-corrected chi connectivity index (χ4v) is 2.11. The summed E-state index contributed by atoms with van der Waals surface area (Å²) in [6.07, 6.45) is 3.69. The maximum absolute atomic E-state index is 14.1. The molecule has 0 saturated heterocycles. The summed E-state index contributed by atoms with van der Waals surface area (Å²) >= 11 is 5.18. The van der Waals surface area contributed by atoms with E-state index in [1.165, 1.54) is 12.3 Å². The number of pyridine rings is 2. The predicted octanol–water partition coefficient (Wildman–Crippen LogP) is 2.85. The summed E-state index contributed by atoms with van der Waals surface area (Å²) in [7, 11) is 0. The number of hydrogen-bond acceptors (Lipinski definition) is 4. The minimum absolute atomic E-state index is 0.224. The van der Waals surface area contributed by atoms with Gasteiger partial charge in [-0.15, -0.1) is 0 Å². The van der Waals surface area contributed by atoms with Crippen molar-refractivity contribution in [3.63, 3.8) is 0 Å². The molecule has 2 aromatic heterocycles. The van der Waals surface area contributed by atoms with Crippen LogP contribution in [0.5, 0.6) is 5.75 Å². The summed E-state index contributed by atoms with van der Waals surface area (Å²) in [4.78, 5) is 8.24. The van der Waals surface area contributed by atoms with Crippen molar-refractivity contribution in [3.05, 3.63) is 47.7 Å². The van der Waals surface area contributed by atoms with E-state index in [1.807, 2.05) is 26.0 Å². The van der Waals surface area contributed by atoms with Crippen LogP contribution in [0.4, 0.5) is 10.2 Å². The lowest BCUT2D eigenvalue weighted by Gasteiger charge is -2.11. The second kappa shape index (κ2) is 8.38. The Morgan fingerprint density at radius 2 is 2.13 bits per heavy atom. The molecule has 0 aliphatic rings. The van der Waals surface area contributed by atoms with Crippen molar-refractivity contribution in [2.75, 3.05) is 18.5 Å². The van der Waals surface area contributed by atoms with Crippen LogP contribution >= 0.6 is 12.2 Å². The highest BCUT2D eigenvalue weighted by Crippen LogP contribution is 2.18. The van der Waals surface area contributed by atoms with Crippen LogP contribution in [0.3, 0.4) is 0 Å². The molecule has 0 unspecified atom stereocenters. The van der Waals surface area contributed by atoms with Crippen molar-refractivity contribution in [2.45, 2.75) is 20.3 Å². The monoisotopic (exact) mass is 334 g/mol. The second-order valence-electron chi connectivity index (χ2n) is 4.85. The van der Waals surface area contributed by atoms with E-state index >= 15 is 0 Å². The summed E-state index contributed by atoms with van der Waals surface area (Å²) in [6.45, 7) is 4.64. The molecule has 122 valence electrons. The Morgan fingerprint density at radius 1 is 1.30 bits per heavy atom. The fraction of sp³-hybridized carbons (Fsp3) is 0.312. The average Bonchev–Trinajstić information content (AvgIpc) is 2.53. The third-order valence-corrected chi connectivity index (χ3v) is 3.27. The van der Waals surface area contributed by atoms with Gasteiger partial charge in [-0.1, -0.05) is 6.07 Å². The van der Waals surface area contributed by atoms with E-state index in [1.54, 1.807) is 6.20 Å². The van der Waals surface area contributed by atoms with Crippen LogP contribution in [-0.2, 0) is 6.42 Å². The molecule has 0 spiro atoms. The lowest BCUT2D eigenvalue weighted by atomic mass is 10.2. The van der Waals surface area contributed by atoms with Crippen molar-refractivity contribution in [3.8, 4) is 5.75 Å². The molecular formula is C16H19FN4OS. The van der Waals surface area contributed by atoms with Gasteiger partial charge in [0.1, 0.15) is 5.82 Å². The highest BCUT2D eigenvalue weighted by atomic mass is 32.1. The standard InChI is InChI=1S/C16H19FN4OS/c1-3-22-13-7-9-18-12(15(13)17)6-8-19-16(23)21-14-5-4-11(2)10-20-14/h4-5,7,9-10H,3,6,8H2,1-2H3,(H2,19,20,21,23). The van der Waals surface area contributed by atoms with Gasteiger partial charge in [-0.05, 0) is 37.7 Å². The molecule has 2 N–H and O–H groups in total. The van der Waals surface area contributed by atoms with Gasteiger partial charge >= 0.3 is 0 Å². The first-order chi connectivity index (χ1) is 11.1. The van der Waals surface area contributed by atoms with E-state index < -0.39 is 5.82 Å². The van der Waals surface area contributed by atoms with Crippen LogP contribution < -0.4 is 15.4 Å². The molecule has 0 aliphatic heterocycles. The van der Waals surface area contributed by atoms with Crippen molar-refractivity contribution in [1.29, 1.82) is 0 Å². The molecule has 23 heavy (non-hydrogen) atoms. The number of rotatable bonds is 6. The number of ether oxygens (including phenoxy) is 1. The summed E-state index contributed by atoms with van der Waals surface area (Å²) in [5, 5.41) is 6.41. The molecule has 0 bridgehead atoms. The molecule has 0 aliphatic carbocycles. The van der Waals surface area contributed by atoms with Gasteiger partial charge in [-0.3, -0.25) is 4.98 Å². The van der Waals surface area contributed by atoms with Crippen LogP contribution in [0.1, 0.15) is 18.2 Å². The minimum Gasteiger partial charge on any atom is -0.491 e. The molecule has 0 amide bonds. The summed E-state index contributed by atoms with van der Waals surface area (Å²) < 4.78 is 19.3. The Balaban J connectivity index is 1.83. The van der Waals surface area contributed by atoms with Crippen molar-refractivity contribution >= 4 is 23.1 Å². The zero-order valence-corrected chi connectivity index (χ0v) is 13.9. The van der Waals surface area contributed by atoms with E-state index in [-0.39, 0.29) is 5.75 Å². The summed E-state index contributed by atoms with van der Waals surface area (Å²) in [6, 6.07) is 5.30. The normalized spacial score (nSPS) is 10.2. The number of halogens is 1. The molecule has 2 heterocycles. The van der Waals surface area contributed by atoms with Gasteiger partial charge in [0.05, 0.1) is 12.3 Å². The number of nitrogens with zero attached hydrogens (tertiary/aromatic N) is 2. The zero-order valence-electron chi connectivity index (χ0n) is 13.1. The van der Waals surface area contributed by atoms with Crippen molar-refractivity contribution in [1.82, 2.24) is 15.3 Å². The van der Waals surface area contributed by atoms with E-state index in [9.17, 15) is 4.39 Å². The molecule has 7 heteroatoms. The lowest BCUT2D eigenvalue weighted by Crippen LogP contribution is -2.30. The topological polar surface area (TPSA) is 59.1 Å². The third-order valence-electron chi connectivity index (χ3n) is 3.03. The highest BCUT2D eigenvalue weighted by molar-refractivity contribution is 7.80. The van der Waals surface area contributed by atoms with Gasteiger partial charge in [-0.2, -0.15) is 0 Å². The maximum Gasteiger partial charge on any atom is 0.186 e. The maximum atomic E-state index is 14.1. The van der Waals surface area contributed by atoms with Crippen LogP contribution in [0.15, 0.2) is 30.6 Å². The smallest absolute Gasteiger partial charge is 0.186 e. The summed E-state index contributed by atoms with van der Waals surface area (Å²) in [5.74, 6) is 0.466. The minimum atomic E-state index is -0.421. The quantitative estimate of drug-likeness (QED) is 0.792. The first-order valence-corrected chi connectivity index (χ1v) is 7.74. The first kappa shape index (κ1) is 17.1. The van der Waals surface area contributed by atoms with E-state index in [0.717, 1.165) is 5.56 Å². The number of nitrogens with one attached hydrogen (secondary N) is 2. The molecule has 5 nitrogen and oxygen atoms in total. The third kappa shape index (κ3) is 5.14. The van der Waals surface area contributed by atoms with Gasteiger partial charge in [0.2, 0.25) is 0 Å². The van der Waals surface area contributed by atoms with E-state index in [2.05, 4.69) is 20.6 Å². The molecule has 0 aromatic carbocycles.